The number of sulfonamides is 1. The van der Waals surface area contributed by atoms with Crippen molar-refractivity contribution in [2.45, 2.75) is 31.7 Å². The second kappa shape index (κ2) is 10.2. The minimum atomic E-state index is -3.74. The molecule has 0 aliphatic rings. The van der Waals surface area contributed by atoms with Crippen LogP contribution in [0, 0.1) is 6.92 Å². The molecule has 5 rings (SSSR count). The molecule has 9 heteroatoms. The number of aromatic nitrogens is 1. The zero-order chi connectivity index (χ0) is 26.0. The molecule has 2 aromatic heterocycles. The Hall–Kier alpha value is -3.95. The maximum Gasteiger partial charge on any atom is 0.261 e. The molecule has 1 amide bonds. The molecule has 0 saturated heterocycles. The lowest BCUT2D eigenvalue weighted by Gasteiger charge is -2.19. The molecule has 0 radical (unpaired) electrons. The standard InChI is InChI=1S/C28H25N3O4S2/c1-3-20-8-15-25-26(17-20)36-28(29-25)31(18-23-5-4-16-35-23)27(32)21-9-11-22(12-10-21)30-37(33,34)24-13-6-19(2)7-14-24/h4-17,30H,3,18H2,1-2H3. The Morgan fingerprint density at radius 1 is 1.03 bits per heavy atom. The minimum absolute atomic E-state index is 0.171. The first-order chi connectivity index (χ1) is 17.8. The number of carbonyl (C=O) groups excluding carboxylic acids is 1. The smallest absolute Gasteiger partial charge is 0.261 e. The fourth-order valence-electron chi connectivity index (χ4n) is 3.85. The summed E-state index contributed by atoms with van der Waals surface area (Å²) in [7, 11) is -3.74. The first kappa shape index (κ1) is 24.7. The van der Waals surface area contributed by atoms with Gasteiger partial charge in [-0.1, -0.05) is 42.0 Å². The number of thiazole rings is 1. The van der Waals surface area contributed by atoms with Crippen LogP contribution in [-0.4, -0.2) is 19.3 Å². The van der Waals surface area contributed by atoms with Gasteiger partial charge in [-0.3, -0.25) is 14.4 Å². The van der Waals surface area contributed by atoms with E-state index in [0.29, 0.717) is 22.1 Å². The van der Waals surface area contributed by atoms with Crippen molar-refractivity contribution in [3.8, 4) is 0 Å². The van der Waals surface area contributed by atoms with Crippen molar-refractivity contribution in [1.29, 1.82) is 0 Å². The highest BCUT2D eigenvalue weighted by Gasteiger charge is 2.23. The van der Waals surface area contributed by atoms with Gasteiger partial charge in [0.15, 0.2) is 5.13 Å². The summed E-state index contributed by atoms with van der Waals surface area (Å²) in [5.41, 5.74) is 3.77. The van der Waals surface area contributed by atoms with E-state index in [9.17, 15) is 13.2 Å². The molecule has 0 unspecified atom stereocenters. The highest BCUT2D eigenvalue weighted by atomic mass is 32.2. The van der Waals surface area contributed by atoms with Crippen LogP contribution in [-0.2, 0) is 23.0 Å². The van der Waals surface area contributed by atoms with E-state index in [2.05, 4.69) is 17.7 Å². The summed E-state index contributed by atoms with van der Waals surface area (Å²) in [5.74, 6) is 0.364. The summed E-state index contributed by atoms with van der Waals surface area (Å²) in [6, 6.07) is 22.7. The summed E-state index contributed by atoms with van der Waals surface area (Å²) >= 11 is 1.45. The molecule has 0 atom stereocenters. The Labute approximate surface area is 219 Å². The molecule has 2 heterocycles. The fourth-order valence-corrected chi connectivity index (χ4v) is 5.93. The summed E-state index contributed by atoms with van der Waals surface area (Å²) in [4.78, 5) is 20.1. The van der Waals surface area contributed by atoms with Gasteiger partial charge in [0, 0.05) is 11.3 Å². The van der Waals surface area contributed by atoms with Gasteiger partial charge in [-0.15, -0.1) is 0 Å². The molecule has 0 spiro atoms. The molecule has 188 valence electrons. The van der Waals surface area contributed by atoms with Gasteiger partial charge in [0.05, 0.1) is 27.9 Å². The van der Waals surface area contributed by atoms with Crippen molar-refractivity contribution in [3.63, 3.8) is 0 Å². The van der Waals surface area contributed by atoms with Crippen molar-refractivity contribution in [1.82, 2.24) is 4.98 Å². The number of nitrogens with zero attached hydrogens (tertiary/aromatic N) is 2. The molecule has 0 saturated carbocycles. The third kappa shape index (κ3) is 5.42. The SMILES string of the molecule is CCc1ccc2nc(N(Cc3ccco3)C(=O)c3ccc(NS(=O)(=O)c4ccc(C)cc4)cc3)sc2c1. The van der Waals surface area contributed by atoms with Crippen molar-refractivity contribution in [2.24, 2.45) is 0 Å². The van der Waals surface area contributed by atoms with E-state index in [1.165, 1.54) is 16.9 Å². The third-order valence-corrected chi connectivity index (χ3v) is 8.37. The van der Waals surface area contributed by atoms with E-state index in [-0.39, 0.29) is 17.3 Å². The highest BCUT2D eigenvalue weighted by Crippen LogP contribution is 2.32. The molecule has 0 aliphatic carbocycles. The Morgan fingerprint density at radius 2 is 1.78 bits per heavy atom. The predicted molar refractivity (Wildman–Crippen MR) is 147 cm³/mol. The van der Waals surface area contributed by atoms with Crippen LogP contribution in [0.15, 0.2) is 94.4 Å². The lowest BCUT2D eigenvalue weighted by atomic mass is 10.2. The van der Waals surface area contributed by atoms with Gasteiger partial charge in [-0.25, -0.2) is 13.4 Å². The van der Waals surface area contributed by atoms with Crippen molar-refractivity contribution >= 4 is 48.3 Å². The van der Waals surface area contributed by atoms with E-state index in [4.69, 9.17) is 9.40 Å². The quantitative estimate of drug-likeness (QED) is 0.250. The molecule has 0 bridgehead atoms. The van der Waals surface area contributed by atoms with Gasteiger partial charge in [0.25, 0.3) is 15.9 Å². The van der Waals surface area contributed by atoms with E-state index < -0.39 is 10.0 Å². The lowest BCUT2D eigenvalue weighted by molar-refractivity contribution is 0.0983. The fraction of sp³-hybridized carbons (Fsp3) is 0.143. The van der Waals surface area contributed by atoms with Gasteiger partial charge >= 0.3 is 0 Å². The van der Waals surface area contributed by atoms with Crippen LogP contribution in [0.25, 0.3) is 10.2 Å². The predicted octanol–water partition coefficient (Wildman–Crippen LogP) is 6.41. The topological polar surface area (TPSA) is 92.5 Å². The summed E-state index contributed by atoms with van der Waals surface area (Å²) < 4.78 is 34.5. The van der Waals surface area contributed by atoms with Crippen LogP contribution >= 0.6 is 11.3 Å². The summed E-state index contributed by atoms with van der Waals surface area (Å²) in [6.45, 7) is 4.21. The van der Waals surface area contributed by atoms with E-state index in [1.54, 1.807) is 65.8 Å². The van der Waals surface area contributed by atoms with Crippen molar-refractivity contribution in [2.75, 3.05) is 9.62 Å². The molecule has 1 N–H and O–H groups in total. The molecular weight excluding hydrogens is 506 g/mol. The van der Waals surface area contributed by atoms with Gasteiger partial charge in [-0.05, 0) is 79.6 Å². The van der Waals surface area contributed by atoms with Crippen LogP contribution in [0.5, 0.6) is 0 Å². The van der Waals surface area contributed by atoms with E-state index >= 15 is 0 Å². The Balaban J connectivity index is 1.42. The Morgan fingerprint density at radius 3 is 2.46 bits per heavy atom. The van der Waals surface area contributed by atoms with Crippen molar-refractivity contribution in [3.05, 3.63) is 108 Å². The van der Waals surface area contributed by atoms with Gasteiger partial charge < -0.3 is 4.42 Å². The Kier molecular flexibility index (Phi) is 6.82. The highest BCUT2D eigenvalue weighted by molar-refractivity contribution is 7.92. The van der Waals surface area contributed by atoms with Gasteiger partial charge in [0.1, 0.15) is 5.76 Å². The summed E-state index contributed by atoms with van der Waals surface area (Å²) in [6.07, 6.45) is 2.48. The average molecular weight is 532 g/mol. The van der Waals surface area contributed by atoms with Crippen LogP contribution < -0.4 is 9.62 Å². The van der Waals surface area contributed by atoms with Crippen LogP contribution in [0.4, 0.5) is 10.8 Å². The van der Waals surface area contributed by atoms with Crippen LogP contribution in [0.2, 0.25) is 0 Å². The molecule has 37 heavy (non-hydrogen) atoms. The lowest BCUT2D eigenvalue weighted by Crippen LogP contribution is -2.30. The first-order valence-corrected chi connectivity index (χ1v) is 14.1. The summed E-state index contributed by atoms with van der Waals surface area (Å²) in [5, 5.41) is 0.564. The number of nitrogens with one attached hydrogen (secondary N) is 1. The number of rotatable bonds is 8. The maximum atomic E-state index is 13.6. The number of carbonyl (C=O) groups is 1. The second-order valence-electron chi connectivity index (χ2n) is 8.62. The van der Waals surface area contributed by atoms with E-state index in [1.807, 2.05) is 25.1 Å². The van der Waals surface area contributed by atoms with E-state index in [0.717, 1.165) is 22.2 Å². The molecule has 0 fully saturated rings. The average Bonchev–Trinajstić information content (AvgIpc) is 3.56. The monoisotopic (exact) mass is 531 g/mol. The largest absolute Gasteiger partial charge is 0.467 e. The molecule has 7 nitrogen and oxygen atoms in total. The molecular formula is C28H25N3O4S2. The zero-order valence-corrected chi connectivity index (χ0v) is 22.0. The van der Waals surface area contributed by atoms with Crippen LogP contribution in [0.1, 0.15) is 34.2 Å². The normalized spacial score (nSPS) is 11.5. The second-order valence-corrected chi connectivity index (χ2v) is 11.3. The molecule has 0 aliphatic heterocycles. The maximum absolute atomic E-state index is 13.6. The number of amides is 1. The molecule has 3 aromatic carbocycles. The number of hydrogen-bond acceptors (Lipinski definition) is 6. The number of hydrogen-bond donors (Lipinski definition) is 1. The zero-order valence-electron chi connectivity index (χ0n) is 20.3. The first-order valence-electron chi connectivity index (χ1n) is 11.8. The third-order valence-electron chi connectivity index (χ3n) is 5.94. The van der Waals surface area contributed by atoms with Gasteiger partial charge in [0.2, 0.25) is 0 Å². The number of anilines is 2. The van der Waals surface area contributed by atoms with Crippen molar-refractivity contribution < 1.29 is 17.6 Å². The van der Waals surface area contributed by atoms with Gasteiger partial charge in [-0.2, -0.15) is 0 Å². The number of benzene rings is 3. The van der Waals surface area contributed by atoms with Crippen LogP contribution in [0.3, 0.4) is 0 Å². The minimum Gasteiger partial charge on any atom is -0.467 e. The number of furan rings is 1. The number of fused-ring (bicyclic) bond motifs is 1. The molecule has 5 aromatic rings. The Bertz CT molecular complexity index is 1640. The number of aryl methyl sites for hydroxylation is 2.